The number of rotatable bonds is 7. The lowest BCUT2D eigenvalue weighted by atomic mass is 9.84. The molecule has 0 unspecified atom stereocenters. The summed E-state index contributed by atoms with van der Waals surface area (Å²) in [6.45, 7) is 5.36. The predicted molar refractivity (Wildman–Crippen MR) is 70.1 cm³/mol. The standard InChI is InChI=1S/C14H27NO2/c1-14(2,9-8-13(16)17)10-11-15-12-6-4-3-5-7-12/h12,15H,3-11H2,1-2H3,(H,16,17). The summed E-state index contributed by atoms with van der Waals surface area (Å²) in [5.74, 6) is -0.682. The van der Waals surface area contributed by atoms with Crippen LogP contribution in [0.5, 0.6) is 0 Å². The van der Waals surface area contributed by atoms with Gasteiger partial charge in [0.1, 0.15) is 0 Å². The average Bonchev–Trinajstić information content (AvgIpc) is 2.28. The quantitative estimate of drug-likeness (QED) is 0.719. The van der Waals surface area contributed by atoms with E-state index in [2.05, 4.69) is 19.2 Å². The molecule has 0 atom stereocenters. The van der Waals surface area contributed by atoms with Crippen molar-refractivity contribution < 1.29 is 9.90 Å². The molecule has 0 aliphatic heterocycles. The molecule has 1 aliphatic carbocycles. The van der Waals surface area contributed by atoms with Gasteiger partial charge in [-0.3, -0.25) is 4.79 Å². The van der Waals surface area contributed by atoms with Crippen LogP contribution in [0.15, 0.2) is 0 Å². The van der Waals surface area contributed by atoms with Crippen molar-refractivity contribution in [2.75, 3.05) is 6.54 Å². The van der Waals surface area contributed by atoms with Gasteiger partial charge in [0.05, 0.1) is 0 Å². The molecule has 0 bridgehead atoms. The summed E-state index contributed by atoms with van der Waals surface area (Å²) in [5, 5.41) is 12.3. The first-order valence-corrected chi connectivity index (χ1v) is 6.95. The molecule has 1 saturated carbocycles. The minimum atomic E-state index is -0.682. The zero-order valence-corrected chi connectivity index (χ0v) is 11.3. The molecular weight excluding hydrogens is 214 g/mol. The highest BCUT2D eigenvalue weighted by atomic mass is 16.4. The normalized spacial score (nSPS) is 18.2. The maximum atomic E-state index is 10.6. The van der Waals surface area contributed by atoms with Gasteiger partial charge in [-0.1, -0.05) is 33.1 Å². The van der Waals surface area contributed by atoms with Gasteiger partial charge in [0.25, 0.3) is 0 Å². The first kappa shape index (κ1) is 14.5. The topological polar surface area (TPSA) is 49.3 Å². The van der Waals surface area contributed by atoms with Crippen LogP contribution in [0.2, 0.25) is 0 Å². The third-order valence-corrected chi connectivity index (χ3v) is 3.86. The molecule has 0 aromatic heterocycles. The third kappa shape index (κ3) is 6.67. The first-order chi connectivity index (χ1) is 7.99. The maximum absolute atomic E-state index is 10.6. The Kier molecular flexibility index (Phi) is 5.96. The Morgan fingerprint density at radius 1 is 1.24 bits per heavy atom. The van der Waals surface area contributed by atoms with E-state index in [1.165, 1.54) is 32.1 Å². The van der Waals surface area contributed by atoms with Crippen LogP contribution in [0.1, 0.15) is 65.2 Å². The SMILES string of the molecule is CC(C)(CCNC1CCCCC1)CCC(=O)O. The van der Waals surface area contributed by atoms with Crippen LogP contribution in [0.4, 0.5) is 0 Å². The fourth-order valence-corrected chi connectivity index (χ4v) is 2.49. The highest BCUT2D eigenvalue weighted by Gasteiger charge is 2.20. The van der Waals surface area contributed by atoms with Crippen LogP contribution < -0.4 is 5.32 Å². The number of aliphatic carboxylic acids is 1. The number of carboxylic acid groups (broad SMARTS) is 1. The predicted octanol–water partition coefficient (Wildman–Crippen LogP) is 3.19. The van der Waals surface area contributed by atoms with Gasteiger partial charge in [-0.05, 0) is 37.6 Å². The van der Waals surface area contributed by atoms with E-state index in [9.17, 15) is 4.79 Å². The molecule has 3 nitrogen and oxygen atoms in total. The van der Waals surface area contributed by atoms with E-state index in [1.54, 1.807) is 0 Å². The molecule has 0 aromatic rings. The van der Waals surface area contributed by atoms with Crippen molar-refractivity contribution >= 4 is 5.97 Å². The van der Waals surface area contributed by atoms with Crippen LogP contribution in [0.3, 0.4) is 0 Å². The van der Waals surface area contributed by atoms with Gasteiger partial charge < -0.3 is 10.4 Å². The minimum absolute atomic E-state index is 0.139. The summed E-state index contributed by atoms with van der Waals surface area (Å²) < 4.78 is 0. The first-order valence-electron chi connectivity index (χ1n) is 6.95. The number of hydrogen-bond donors (Lipinski definition) is 2. The van der Waals surface area contributed by atoms with Gasteiger partial charge in [0, 0.05) is 12.5 Å². The van der Waals surface area contributed by atoms with Gasteiger partial charge in [0.15, 0.2) is 0 Å². The summed E-state index contributed by atoms with van der Waals surface area (Å²) in [7, 11) is 0. The molecule has 100 valence electrons. The van der Waals surface area contributed by atoms with Crippen molar-refractivity contribution in [2.45, 2.75) is 71.3 Å². The minimum Gasteiger partial charge on any atom is -0.481 e. The van der Waals surface area contributed by atoms with Gasteiger partial charge in [-0.25, -0.2) is 0 Å². The summed E-state index contributed by atoms with van der Waals surface area (Å²) >= 11 is 0. The van der Waals surface area contributed by atoms with E-state index in [0.29, 0.717) is 6.04 Å². The Morgan fingerprint density at radius 2 is 1.88 bits per heavy atom. The van der Waals surface area contributed by atoms with Crippen molar-refractivity contribution in [3.05, 3.63) is 0 Å². The van der Waals surface area contributed by atoms with Crippen LogP contribution >= 0.6 is 0 Å². The van der Waals surface area contributed by atoms with E-state index in [-0.39, 0.29) is 11.8 Å². The molecule has 1 fully saturated rings. The molecule has 0 amide bonds. The van der Waals surface area contributed by atoms with E-state index in [1.807, 2.05) is 0 Å². The monoisotopic (exact) mass is 241 g/mol. The zero-order valence-electron chi connectivity index (χ0n) is 11.3. The molecular formula is C14H27NO2. The Balaban J connectivity index is 2.12. The number of nitrogens with one attached hydrogen (secondary N) is 1. The Labute approximate surface area is 105 Å². The Morgan fingerprint density at radius 3 is 2.47 bits per heavy atom. The van der Waals surface area contributed by atoms with E-state index >= 15 is 0 Å². The van der Waals surface area contributed by atoms with Crippen molar-refractivity contribution in [1.29, 1.82) is 0 Å². The van der Waals surface area contributed by atoms with Crippen molar-refractivity contribution in [3.63, 3.8) is 0 Å². The summed E-state index contributed by atoms with van der Waals surface area (Å²) in [4.78, 5) is 10.6. The highest BCUT2D eigenvalue weighted by molar-refractivity contribution is 5.66. The van der Waals surface area contributed by atoms with Gasteiger partial charge in [0.2, 0.25) is 0 Å². The van der Waals surface area contributed by atoms with Gasteiger partial charge in [-0.15, -0.1) is 0 Å². The summed E-state index contributed by atoms with van der Waals surface area (Å²) in [6, 6.07) is 0.707. The summed E-state index contributed by atoms with van der Waals surface area (Å²) in [5.41, 5.74) is 0.139. The number of carbonyl (C=O) groups is 1. The molecule has 0 aromatic carbocycles. The lowest BCUT2D eigenvalue weighted by Gasteiger charge is -2.27. The molecule has 2 N–H and O–H groups in total. The number of hydrogen-bond acceptors (Lipinski definition) is 2. The van der Waals surface area contributed by atoms with Crippen molar-refractivity contribution in [1.82, 2.24) is 5.32 Å². The van der Waals surface area contributed by atoms with Crippen molar-refractivity contribution in [2.24, 2.45) is 5.41 Å². The molecule has 3 heteroatoms. The molecule has 0 radical (unpaired) electrons. The van der Waals surface area contributed by atoms with Crippen LogP contribution in [0.25, 0.3) is 0 Å². The molecule has 0 saturated heterocycles. The van der Waals surface area contributed by atoms with E-state index in [0.717, 1.165) is 19.4 Å². The smallest absolute Gasteiger partial charge is 0.303 e. The molecule has 17 heavy (non-hydrogen) atoms. The summed E-state index contributed by atoms with van der Waals surface area (Å²) in [6.07, 6.45) is 8.87. The van der Waals surface area contributed by atoms with Crippen LogP contribution in [-0.4, -0.2) is 23.7 Å². The lowest BCUT2D eigenvalue weighted by molar-refractivity contribution is -0.137. The average molecular weight is 241 g/mol. The lowest BCUT2D eigenvalue weighted by Crippen LogP contribution is -2.33. The molecule has 0 spiro atoms. The fourth-order valence-electron chi connectivity index (χ4n) is 2.49. The van der Waals surface area contributed by atoms with E-state index < -0.39 is 5.97 Å². The largest absolute Gasteiger partial charge is 0.481 e. The Bertz CT molecular complexity index is 232. The molecule has 1 rings (SSSR count). The maximum Gasteiger partial charge on any atom is 0.303 e. The second-order valence-electron chi connectivity index (χ2n) is 6.10. The highest BCUT2D eigenvalue weighted by Crippen LogP contribution is 2.26. The Hall–Kier alpha value is -0.570. The third-order valence-electron chi connectivity index (χ3n) is 3.86. The van der Waals surface area contributed by atoms with Gasteiger partial charge in [-0.2, -0.15) is 0 Å². The molecule has 1 aliphatic rings. The van der Waals surface area contributed by atoms with Crippen molar-refractivity contribution in [3.8, 4) is 0 Å². The van der Waals surface area contributed by atoms with Crippen LogP contribution in [0, 0.1) is 5.41 Å². The second kappa shape index (κ2) is 7.00. The van der Waals surface area contributed by atoms with Gasteiger partial charge >= 0.3 is 5.97 Å². The fraction of sp³-hybridized carbons (Fsp3) is 0.929. The molecule has 0 heterocycles. The second-order valence-corrected chi connectivity index (χ2v) is 6.10. The van der Waals surface area contributed by atoms with E-state index in [4.69, 9.17) is 5.11 Å². The van der Waals surface area contributed by atoms with Crippen LogP contribution in [-0.2, 0) is 4.79 Å². The zero-order chi connectivity index (χ0) is 12.7. The number of carboxylic acids is 1.